The molecule has 0 heterocycles. The van der Waals surface area contributed by atoms with Crippen LogP contribution in [0.4, 0.5) is 0 Å². The van der Waals surface area contributed by atoms with Gasteiger partial charge in [-0.2, -0.15) is 0 Å². The number of carbonyl (C=O) groups is 2. The van der Waals surface area contributed by atoms with Crippen molar-refractivity contribution in [3.8, 4) is 11.5 Å². The average molecular weight is 286 g/mol. The van der Waals surface area contributed by atoms with Crippen molar-refractivity contribution in [1.82, 2.24) is 10.9 Å². The number of hydrazine groups is 1. The van der Waals surface area contributed by atoms with Crippen LogP contribution in [0.5, 0.6) is 11.5 Å². The van der Waals surface area contributed by atoms with Gasteiger partial charge in [0.1, 0.15) is 11.5 Å². The van der Waals surface area contributed by atoms with Gasteiger partial charge in [-0.3, -0.25) is 20.4 Å². The van der Waals surface area contributed by atoms with Crippen LogP contribution >= 0.6 is 0 Å². The number of hydrogen-bond acceptors (Lipinski definition) is 4. The third kappa shape index (κ3) is 3.50. The highest BCUT2D eigenvalue weighted by atomic mass is 16.3. The number of nitrogens with one attached hydrogen (secondary N) is 2. The summed E-state index contributed by atoms with van der Waals surface area (Å²) >= 11 is 0. The predicted molar refractivity (Wildman–Crippen MR) is 75.9 cm³/mol. The Morgan fingerprint density at radius 2 is 1.67 bits per heavy atom. The van der Waals surface area contributed by atoms with Gasteiger partial charge in [-0.1, -0.05) is 17.7 Å². The summed E-state index contributed by atoms with van der Waals surface area (Å²) in [6.07, 6.45) is 0. The minimum Gasteiger partial charge on any atom is -0.508 e. The summed E-state index contributed by atoms with van der Waals surface area (Å²) in [6, 6.07) is 10.4. The first-order valence-electron chi connectivity index (χ1n) is 6.16. The number of amides is 2. The van der Waals surface area contributed by atoms with Crippen LogP contribution in [0.25, 0.3) is 0 Å². The van der Waals surface area contributed by atoms with Crippen LogP contribution in [-0.4, -0.2) is 22.0 Å². The van der Waals surface area contributed by atoms with Crippen LogP contribution in [0.2, 0.25) is 0 Å². The fourth-order valence-corrected chi connectivity index (χ4v) is 1.75. The highest BCUT2D eigenvalue weighted by Crippen LogP contribution is 2.22. The van der Waals surface area contributed by atoms with E-state index in [4.69, 9.17) is 5.11 Å². The molecule has 2 amide bonds. The molecule has 0 atom stereocenters. The first-order valence-corrected chi connectivity index (χ1v) is 6.16. The summed E-state index contributed by atoms with van der Waals surface area (Å²) in [7, 11) is 0. The van der Waals surface area contributed by atoms with Gasteiger partial charge in [0.05, 0.1) is 5.56 Å². The van der Waals surface area contributed by atoms with E-state index in [0.29, 0.717) is 5.56 Å². The maximum Gasteiger partial charge on any atom is 0.273 e. The summed E-state index contributed by atoms with van der Waals surface area (Å²) < 4.78 is 0. The van der Waals surface area contributed by atoms with Gasteiger partial charge in [-0.25, -0.2) is 0 Å². The molecule has 6 heteroatoms. The Labute approximate surface area is 121 Å². The van der Waals surface area contributed by atoms with Crippen LogP contribution in [0, 0.1) is 6.92 Å². The monoisotopic (exact) mass is 286 g/mol. The lowest BCUT2D eigenvalue weighted by atomic mass is 10.1. The number of phenols is 2. The SMILES string of the molecule is Cc1cccc(C(=O)NNC(=O)c2ccc(O)cc2O)c1. The van der Waals surface area contributed by atoms with Crippen molar-refractivity contribution in [1.29, 1.82) is 0 Å². The molecular formula is C15H14N2O4. The lowest BCUT2D eigenvalue weighted by Gasteiger charge is -2.09. The maximum absolute atomic E-state index is 11.8. The molecule has 0 aromatic heterocycles. The minimum atomic E-state index is -0.687. The Morgan fingerprint density at radius 3 is 2.33 bits per heavy atom. The van der Waals surface area contributed by atoms with Gasteiger partial charge < -0.3 is 10.2 Å². The normalized spacial score (nSPS) is 9.95. The second-order valence-corrected chi connectivity index (χ2v) is 4.48. The van der Waals surface area contributed by atoms with Crippen molar-refractivity contribution in [2.24, 2.45) is 0 Å². The molecule has 2 aromatic carbocycles. The number of phenolic OH excluding ortho intramolecular Hbond substituents is 2. The molecule has 0 aliphatic carbocycles. The molecular weight excluding hydrogens is 272 g/mol. The number of hydrogen-bond donors (Lipinski definition) is 4. The first-order chi connectivity index (χ1) is 9.97. The fourth-order valence-electron chi connectivity index (χ4n) is 1.75. The number of rotatable bonds is 2. The molecule has 0 unspecified atom stereocenters. The van der Waals surface area contributed by atoms with Gasteiger partial charge in [0, 0.05) is 11.6 Å². The minimum absolute atomic E-state index is 0.0580. The fraction of sp³-hybridized carbons (Fsp3) is 0.0667. The lowest BCUT2D eigenvalue weighted by Crippen LogP contribution is -2.41. The van der Waals surface area contributed by atoms with Crippen LogP contribution in [0.15, 0.2) is 42.5 Å². The lowest BCUT2D eigenvalue weighted by molar-refractivity contribution is 0.0845. The van der Waals surface area contributed by atoms with Crippen molar-refractivity contribution in [2.75, 3.05) is 0 Å². The second kappa shape index (κ2) is 5.96. The van der Waals surface area contributed by atoms with E-state index in [0.717, 1.165) is 11.6 Å². The van der Waals surface area contributed by atoms with Gasteiger partial charge >= 0.3 is 0 Å². The molecule has 0 saturated heterocycles. The molecule has 21 heavy (non-hydrogen) atoms. The molecule has 0 aliphatic rings. The Morgan fingerprint density at radius 1 is 0.952 bits per heavy atom. The topological polar surface area (TPSA) is 98.7 Å². The number of benzene rings is 2. The largest absolute Gasteiger partial charge is 0.508 e. The van der Waals surface area contributed by atoms with E-state index >= 15 is 0 Å². The summed E-state index contributed by atoms with van der Waals surface area (Å²) in [5, 5.41) is 18.7. The average Bonchev–Trinajstić information content (AvgIpc) is 2.44. The van der Waals surface area contributed by atoms with Gasteiger partial charge in [0.15, 0.2) is 0 Å². The van der Waals surface area contributed by atoms with Gasteiger partial charge in [0.2, 0.25) is 0 Å². The zero-order chi connectivity index (χ0) is 15.4. The van der Waals surface area contributed by atoms with Crippen LogP contribution in [0.3, 0.4) is 0 Å². The Bertz CT molecular complexity index is 698. The van der Waals surface area contributed by atoms with Crippen molar-refractivity contribution >= 4 is 11.8 Å². The number of aryl methyl sites for hydroxylation is 1. The zero-order valence-electron chi connectivity index (χ0n) is 11.3. The molecule has 0 fully saturated rings. The predicted octanol–water partition coefficient (Wildman–Crippen LogP) is 1.48. The van der Waals surface area contributed by atoms with Crippen molar-refractivity contribution in [2.45, 2.75) is 6.92 Å². The van der Waals surface area contributed by atoms with Crippen molar-refractivity contribution < 1.29 is 19.8 Å². The van der Waals surface area contributed by atoms with Crippen molar-refractivity contribution in [3.05, 3.63) is 59.2 Å². The molecule has 2 aromatic rings. The number of carbonyl (C=O) groups excluding carboxylic acids is 2. The molecule has 2 rings (SSSR count). The highest BCUT2D eigenvalue weighted by Gasteiger charge is 2.13. The van der Waals surface area contributed by atoms with E-state index in [2.05, 4.69) is 10.9 Å². The maximum atomic E-state index is 11.8. The molecule has 0 radical (unpaired) electrons. The molecule has 0 saturated carbocycles. The Kier molecular flexibility index (Phi) is 4.08. The summed E-state index contributed by atoms with van der Waals surface area (Å²) in [6.45, 7) is 1.85. The quantitative estimate of drug-likeness (QED) is 0.628. The van der Waals surface area contributed by atoms with Crippen LogP contribution in [0.1, 0.15) is 26.3 Å². The van der Waals surface area contributed by atoms with E-state index in [1.165, 1.54) is 12.1 Å². The standard InChI is InChI=1S/C15H14N2O4/c1-9-3-2-4-10(7-9)14(20)16-17-15(21)12-6-5-11(18)8-13(12)19/h2-8,18-19H,1H3,(H,16,20)(H,17,21). The first kappa shape index (κ1) is 14.4. The number of aromatic hydroxyl groups is 2. The van der Waals surface area contributed by atoms with E-state index in [1.54, 1.807) is 18.2 Å². The van der Waals surface area contributed by atoms with Gasteiger partial charge in [-0.05, 0) is 31.2 Å². The molecule has 108 valence electrons. The van der Waals surface area contributed by atoms with Gasteiger partial charge in [0.25, 0.3) is 11.8 Å². The zero-order valence-corrected chi connectivity index (χ0v) is 11.3. The molecule has 4 N–H and O–H groups in total. The van der Waals surface area contributed by atoms with E-state index in [-0.39, 0.29) is 17.1 Å². The summed E-state index contributed by atoms with van der Waals surface area (Å²) in [4.78, 5) is 23.7. The van der Waals surface area contributed by atoms with Crippen molar-refractivity contribution in [3.63, 3.8) is 0 Å². The smallest absolute Gasteiger partial charge is 0.273 e. The summed E-state index contributed by atoms with van der Waals surface area (Å²) in [5.41, 5.74) is 5.72. The Balaban J connectivity index is 2.02. The van der Waals surface area contributed by atoms with E-state index < -0.39 is 11.8 Å². The van der Waals surface area contributed by atoms with E-state index in [9.17, 15) is 14.7 Å². The van der Waals surface area contributed by atoms with Crippen LogP contribution < -0.4 is 10.9 Å². The Hall–Kier alpha value is -3.02. The second-order valence-electron chi connectivity index (χ2n) is 4.48. The van der Waals surface area contributed by atoms with Crippen LogP contribution in [-0.2, 0) is 0 Å². The highest BCUT2D eigenvalue weighted by molar-refractivity contribution is 6.00. The summed E-state index contributed by atoms with van der Waals surface area (Å²) in [5.74, 6) is -1.69. The third-order valence-electron chi connectivity index (χ3n) is 2.80. The molecule has 6 nitrogen and oxygen atoms in total. The van der Waals surface area contributed by atoms with Gasteiger partial charge in [-0.15, -0.1) is 0 Å². The molecule has 0 bridgehead atoms. The molecule has 0 spiro atoms. The third-order valence-corrected chi connectivity index (χ3v) is 2.80. The molecule has 0 aliphatic heterocycles. The van der Waals surface area contributed by atoms with E-state index in [1.807, 2.05) is 13.0 Å².